The van der Waals surface area contributed by atoms with Crippen LogP contribution >= 0.6 is 0 Å². The molecule has 0 aliphatic carbocycles. The summed E-state index contributed by atoms with van der Waals surface area (Å²) in [6.07, 6.45) is 0. The molecule has 0 aliphatic rings. The lowest BCUT2D eigenvalue weighted by Gasteiger charge is -1.98. The van der Waals surface area contributed by atoms with Gasteiger partial charge in [-0.3, -0.25) is 14.3 Å². The van der Waals surface area contributed by atoms with E-state index in [1.165, 1.54) is 11.8 Å². The van der Waals surface area contributed by atoms with Crippen LogP contribution in [0.15, 0.2) is 0 Å². The van der Waals surface area contributed by atoms with Crippen molar-refractivity contribution in [3.63, 3.8) is 0 Å². The number of nitrogens with zero attached hydrogens (tertiary/aromatic N) is 3. The second-order valence-corrected chi connectivity index (χ2v) is 2.28. The lowest BCUT2D eigenvalue weighted by atomic mass is 10.3. The Balaban J connectivity index is 2.88. The van der Waals surface area contributed by atoms with Gasteiger partial charge in [0.1, 0.15) is 0 Å². The quantitative estimate of drug-likeness (QED) is 0.602. The standard InChI is InChI=1S/C6H10N4O2/c1-4-5(6(11)8-12-3)7-9-10(4)2/h1-3H3,(H,8,11). The summed E-state index contributed by atoms with van der Waals surface area (Å²) in [5.41, 5.74) is 3.14. The third kappa shape index (κ3) is 1.42. The van der Waals surface area contributed by atoms with Crippen molar-refractivity contribution < 1.29 is 9.63 Å². The fourth-order valence-electron chi connectivity index (χ4n) is 0.755. The minimum atomic E-state index is -0.386. The Morgan fingerprint density at radius 2 is 2.33 bits per heavy atom. The van der Waals surface area contributed by atoms with E-state index in [1.807, 2.05) is 0 Å². The molecule has 1 aromatic heterocycles. The molecule has 0 saturated carbocycles. The monoisotopic (exact) mass is 170 g/mol. The van der Waals surface area contributed by atoms with Crippen molar-refractivity contribution in [2.75, 3.05) is 7.11 Å². The van der Waals surface area contributed by atoms with E-state index in [4.69, 9.17) is 0 Å². The highest BCUT2D eigenvalue weighted by molar-refractivity contribution is 5.92. The summed E-state index contributed by atoms with van der Waals surface area (Å²) in [5, 5.41) is 7.32. The first-order valence-corrected chi connectivity index (χ1v) is 3.36. The molecule has 1 heterocycles. The molecule has 0 unspecified atom stereocenters. The van der Waals surface area contributed by atoms with Crippen LogP contribution in [0, 0.1) is 6.92 Å². The molecule has 0 spiro atoms. The molecule has 0 atom stereocenters. The summed E-state index contributed by atoms with van der Waals surface area (Å²) in [6, 6.07) is 0. The second kappa shape index (κ2) is 3.31. The predicted octanol–water partition coefficient (Wildman–Crippen LogP) is -0.585. The van der Waals surface area contributed by atoms with Gasteiger partial charge in [0.2, 0.25) is 0 Å². The molecular weight excluding hydrogens is 160 g/mol. The molecule has 0 radical (unpaired) electrons. The highest BCUT2D eigenvalue weighted by atomic mass is 16.6. The number of aryl methyl sites for hydroxylation is 1. The van der Waals surface area contributed by atoms with E-state index in [-0.39, 0.29) is 11.6 Å². The van der Waals surface area contributed by atoms with Crippen molar-refractivity contribution >= 4 is 5.91 Å². The van der Waals surface area contributed by atoms with E-state index >= 15 is 0 Å². The molecule has 1 N–H and O–H groups in total. The number of nitrogens with one attached hydrogen (secondary N) is 1. The molecule has 0 fully saturated rings. The Labute approximate surface area is 69.5 Å². The Morgan fingerprint density at radius 3 is 2.75 bits per heavy atom. The summed E-state index contributed by atoms with van der Waals surface area (Å²) in [7, 11) is 3.08. The van der Waals surface area contributed by atoms with Crippen LogP contribution in [0.2, 0.25) is 0 Å². The van der Waals surface area contributed by atoms with E-state index in [9.17, 15) is 4.79 Å². The Hall–Kier alpha value is -1.43. The van der Waals surface area contributed by atoms with Gasteiger partial charge in [-0.2, -0.15) is 0 Å². The number of carbonyl (C=O) groups is 1. The topological polar surface area (TPSA) is 69.0 Å². The first-order valence-electron chi connectivity index (χ1n) is 3.36. The number of rotatable bonds is 2. The van der Waals surface area contributed by atoms with E-state index in [0.717, 1.165) is 0 Å². The van der Waals surface area contributed by atoms with Crippen molar-refractivity contribution in [3.8, 4) is 0 Å². The molecule has 1 aromatic rings. The van der Waals surface area contributed by atoms with E-state index in [1.54, 1.807) is 14.0 Å². The Morgan fingerprint density at radius 1 is 1.67 bits per heavy atom. The number of carbonyl (C=O) groups excluding carboxylic acids is 1. The van der Waals surface area contributed by atoms with Crippen LogP contribution in [-0.4, -0.2) is 28.0 Å². The van der Waals surface area contributed by atoms with E-state index in [0.29, 0.717) is 5.69 Å². The fourth-order valence-corrected chi connectivity index (χ4v) is 0.755. The largest absolute Gasteiger partial charge is 0.297 e. The van der Waals surface area contributed by atoms with Gasteiger partial charge in [-0.25, -0.2) is 5.48 Å². The minimum Gasteiger partial charge on any atom is -0.277 e. The van der Waals surface area contributed by atoms with Crippen molar-refractivity contribution in [2.45, 2.75) is 6.92 Å². The zero-order valence-corrected chi connectivity index (χ0v) is 7.16. The molecule has 1 amide bonds. The van der Waals surface area contributed by atoms with Crippen molar-refractivity contribution in [2.24, 2.45) is 7.05 Å². The summed E-state index contributed by atoms with van der Waals surface area (Å²) < 4.78 is 1.52. The van der Waals surface area contributed by atoms with Gasteiger partial charge in [0, 0.05) is 7.05 Å². The van der Waals surface area contributed by atoms with Gasteiger partial charge in [-0.05, 0) is 6.92 Å². The van der Waals surface area contributed by atoms with Gasteiger partial charge in [-0.15, -0.1) is 5.10 Å². The highest BCUT2D eigenvalue weighted by Crippen LogP contribution is 2.00. The zero-order valence-electron chi connectivity index (χ0n) is 7.16. The zero-order chi connectivity index (χ0) is 9.14. The molecule has 0 aliphatic heterocycles. The number of aromatic nitrogens is 3. The van der Waals surface area contributed by atoms with Crippen LogP contribution in [0.1, 0.15) is 16.2 Å². The van der Waals surface area contributed by atoms with Crippen LogP contribution < -0.4 is 5.48 Å². The minimum absolute atomic E-state index is 0.277. The average molecular weight is 170 g/mol. The Kier molecular flexibility index (Phi) is 2.39. The number of hydrogen-bond acceptors (Lipinski definition) is 4. The van der Waals surface area contributed by atoms with E-state index in [2.05, 4.69) is 20.6 Å². The predicted molar refractivity (Wildman–Crippen MR) is 40.2 cm³/mol. The average Bonchev–Trinajstić information content (AvgIpc) is 2.34. The summed E-state index contributed by atoms with van der Waals surface area (Å²) >= 11 is 0. The van der Waals surface area contributed by atoms with Gasteiger partial charge >= 0.3 is 0 Å². The van der Waals surface area contributed by atoms with Crippen LogP contribution in [0.4, 0.5) is 0 Å². The molecule has 12 heavy (non-hydrogen) atoms. The first kappa shape index (κ1) is 8.66. The molecule has 0 bridgehead atoms. The molecule has 0 saturated heterocycles. The van der Waals surface area contributed by atoms with Gasteiger partial charge in [0.05, 0.1) is 12.8 Å². The highest BCUT2D eigenvalue weighted by Gasteiger charge is 2.13. The lowest BCUT2D eigenvalue weighted by Crippen LogP contribution is -2.23. The third-order valence-corrected chi connectivity index (χ3v) is 1.52. The molecule has 6 nitrogen and oxygen atoms in total. The van der Waals surface area contributed by atoms with E-state index < -0.39 is 0 Å². The van der Waals surface area contributed by atoms with Crippen molar-refractivity contribution in [1.29, 1.82) is 0 Å². The Bertz CT molecular complexity index is 294. The SMILES string of the molecule is CONC(=O)c1nnn(C)c1C. The van der Waals surface area contributed by atoms with Gasteiger partial charge < -0.3 is 0 Å². The molecule has 66 valence electrons. The maximum atomic E-state index is 11.1. The van der Waals surface area contributed by atoms with Gasteiger partial charge in [0.15, 0.2) is 5.69 Å². The maximum Gasteiger partial charge on any atom is 0.297 e. The fraction of sp³-hybridized carbons (Fsp3) is 0.500. The van der Waals surface area contributed by atoms with Crippen LogP contribution in [-0.2, 0) is 11.9 Å². The smallest absolute Gasteiger partial charge is 0.277 e. The molecular formula is C6H10N4O2. The summed E-state index contributed by atoms with van der Waals surface area (Å²) in [5.74, 6) is -0.386. The number of hydroxylamine groups is 1. The first-order chi connectivity index (χ1) is 5.66. The number of hydrogen-bond donors (Lipinski definition) is 1. The van der Waals surface area contributed by atoms with Crippen molar-refractivity contribution in [1.82, 2.24) is 20.5 Å². The molecule has 1 rings (SSSR count). The summed E-state index contributed by atoms with van der Waals surface area (Å²) in [6.45, 7) is 1.75. The maximum absolute atomic E-state index is 11.1. The second-order valence-electron chi connectivity index (χ2n) is 2.28. The van der Waals surface area contributed by atoms with Gasteiger partial charge in [-0.1, -0.05) is 5.21 Å². The van der Waals surface area contributed by atoms with Crippen LogP contribution in [0.25, 0.3) is 0 Å². The third-order valence-electron chi connectivity index (χ3n) is 1.52. The normalized spacial score (nSPS) is 9.92. The number of amides is 1. The van der Waals surface area contributed by atoms with Crippen LogP contribution in [0.3, 0.4) is 0 Å². The molecule has 6 heteroatoms. The summed E-state index contributed by atoms with van der Waals surface area (Å²) in [4.78, 5) is 15.6. The van der Waals surface area contributed by atoms with Gasteiger partial charge in [0.25, 0.3) is 5.91 Å². The van der Waals surface area contributed by atoms with Crippen LogP contribution in [0.5, 0.6) is 0 Å². The molecule has 0 aromatic carbocycles. The lowest BCUT2D eigenvalue weighted by molar-refractivity contribution is 0.0531. The van der Waals surface area contributed by atoms with Crippen molar-refractivity contribution in [3.05, 3.63) is 11.4 Å².